The molecule has 34 heavy (non-hydrogen) atoms. The summed E-state index contributed by atoms with van der Waals surface area (Å²) in [6, 6.07) is 5.90. The maximum Gasteiger partial charge on any atom is 0.256 e. The van der Waals surface area contributed by atoms with E-state index in [0.717, 1.165) is 44.3 Å². The third-order valence-electron chi connectivity index (χ3n) is 7.55. The van der Waals surface area contributed by atoms with Gasteiger partial charge in [-0.25, -0.2) is 4.98 Å². The monoisotopic (exact) mass is 484 g/mol. The van der Waals surface area contributed by atoms with Crippen molar-refractivity contribution < 1.29 is 9.90 Å². The van der Waals surface area contributed by atoms with Gasteiger partial charge in [0.1, 0.15) is 11.4 Å². The molecule has 1 saturated heterocycles. The molecule has 2 heterocycles. The predicted octanol–water partition coefficient (Wildman–Crippen LogP) is 3.22. The number of hydrogen-bond donors (Lipinski definition) is 4. The van der Waals surface area contributed by atoms with Crippen LogP contribution in [0.4, 0.5) is 11.8 Å². The molecular formula is C25H33ClN6O2. The molecule has 0 bridgehead atoms. The van der Waals surface area contributed by atoms with Crippen LogP contribution in [0.25, 0.3) is 0 Å². The molecule has 5 rings (SSSR count). The van der Waals surface area contributed by atoms with Crippen LogP contribution < -0.4 is 21.3 Å². The smallest absolute Gasteiger partial charge is 0.256 e. The van der Waals surface area contributed by atoms with Crippen molar-refractivity contribution in [3.05, 3.63) is 46.1 Å². The molecule has 2 aromatic rings. The van der Waals surface area contributed by atoms with Gasteiger partial charge < -0.3 is 26.4 Å². The summed E-state index contributed by atoms with van der Waals surface area (Å²) in [5, 5.41) is 16.4. The van der Waals surface area contributed by atoms with E-state index >= 15 is 0 Å². The standard InChI is InChI=1S/C25H33ClN6O2/c26-21-11-16(1-2-17(21)14-33)12-28-22-20(23(34)30-19-5-3-18(27)4-6-19)13-29-24(31-22)32-10-9-25(15-32)7-8-25/h1-2,11,13,18-19,33H,3-10,12,14-15,27H2,(H,30,34)(H,28,29,31)/t18-,19-. The van der Waals surface area contributed by atoms with Gasteiger partial charge in [0, 0.05) is 42.9 Å². The number of nitrogens with two attached hydrogens (primary N) is 1. The minimum Gasteiger partial charge on any atom is -0.392 e. The molecule has 3 fully saturated rings. The fraction of sp³-hybridized carbons (Fsp3) is 0.560. The predicted molar refractivity (Wildman–Crippen MR) is 133 cm³/mol. The first-order valence-corrected chi connectivity index (χ1v) is 12.6. The van der Waals surface area contributed by atoms with Crippen molar-refractivity contribution in [2.24, 2.45) is 11.1 Å². The summed E-state index contributed by atoms with van der Waals surface area (Å²) in [5.74, 6) is 1.03. The van der Waals surface area contributed by atoms with Gasteiger partial charge in [0.2, 0.25) is 5.95 Å². The lowest BCUT2D eigenvalue weighted by Gasteiger charge is -2.27. The van der Waals surface area contributed by atoms with E-state index in [-0.39, 0.29) is 24.6 Å². The van der Waals surface area contributed by atoms with Crippen LogP contribution in [0.3, 0.4) is 0 Å². The SMILES string of the molecule is N[C@H]1CC[C@H](NC(=O)c2cnc(N3CCC4(CC4)C3)nc2NCc2ccc(CO)c(Cl)c2)CC1. The molecule has 0 radical (unpaired) electrons. The number of aromatic nitrogens is 2. The van der Waals surface area contributed by atoms with Crippen LogP contribution in [0.5, 0.6) is 0 Å². The zero-order valence-corrected chi connectivity index (χ0v) is 20.2. The molecule has 9 heteroatoms. The van der Waals surface area contributed by atoms with Crippen LogP contribution in [0, 0.1) is 5.41 Å². The minimum absolute atomic E-state index is 0.102. The van der Waals surface area contributed by atoms with E-state index in [1.54, 1.807) is 6.20 Å². The molecule has 1 spiro atoms. The van der Waals surface area contributed by atoms with Crippen molar-refractivity contribution in [2.45, 2.75) is 70.2 Å². The number of aliphatic hydroxyl groups excluding tert-OH is 1. The Kier molecular flexibility index (Phi) is 6.64. The van der Waals surface area contributed by atoms with Crippen LogP contribution >= 0.6 is 11.6 Å². The summed E-state index contributed by atoms with van der Waals surface area (Å²) in [6.07, 6.45) is 9.02. The largest absolute Gasteiger partial charge is 0.392 e. The molecule has 1 amide bonds. The Morgan fingerprint density at radius 3 is 2.71 bits per heavy atom. The topological polar surface area (TPSA) is 116 Å². The molecular weight excluding hydrogens is 452 g/mol. The van der Waals surface area contributed by atoms with Gasteiger partial charge in [0.25, 0.3) is 5.91 Å². The van der Waals surface area contributed by atoms with E-state index < -0.39 is 0 Å². The van der Waals surface area contributed by atoms with Crippen molar-refractivity contribution >= 4 is 29.3 Å². The highest BCUT2D eigenvalue weighted by molar-refractivity contribution is 6.31. The minimum atomic E-state index is -0.164. The molecule has 1 aliphatic heterocycles. The van der Waals surface area contributed by atoms with Crippen LogP contribution in [0.1, 0.15) is 66.4 Å². The highest BCUT2D eigenvalue weighted by Crippen LogP contribution is 2.53. The van der Waals surface area contributed by atoms with Gasteiger partial charge in [-0.3, -0.25) is 4.79 Å². The molecule has 3 aliphatic rings. The lowest BCUT2D eigenvalue weighted by atomic mass is 9.91. The number of carbonyl (C=O) groups is 1. The number of amides is 1. The average Bonchev–Trinajstić information content (AvgIpc) is 3.47. The molecule has 2 aliphatic carbocycles. The lowest BCUT2D eigenvalue weighted by Crippen LogP contribution is -2.40. The van der Waals surface area contributed by atoms with Crippen molar-refractivity contribution in [1.29, 1.82) is 0 Å². The summed E-state index contributed by atoms with van der Waals surface area (Å²) in [5.41, 5.74) is 8.54. The van der Waals surface area contributed by atoms with Gasteiger partial charge in [-0.15, -0.1) is 0 Å². The zero-order valence-electron chi connectivity index (χ0n) is 19.4. The highest BCUT2D eigenvalue weighted by atomic mass is 35.5. The molecule has 5 N–H and O–H groups in total. The second-order valence-electron chi connectivity index (χ2n) is 10.1. The van der Waals surface area contributed by atoms with Gasteiger partial charge in [-0.1, -0.05) is 23.7 Å². The average molecular weight is 485 g/mol. The van der Waals surface area contributed by atoms with Crippen molar-refractivity contribution in [2.75, 3.05) is 23.3 Å². The number of anilines is 2. The third kappa shape index (κ3) is 5.14. The summed E-state index contributed by atoms with van der Waals surface area (Å²) in [4.78, 5) is 24.8. The molecule has 1 aromatic heterocycles. The van der Waals surface area contributed by atoms with Gasteiger partial charge in [-0.05, 0) is 67.6 Å². The van der Waals surface area contributed by atoms with Crippen molar-refractivity contribution in [3.8, 4) is 0 Å². The lowest BCUT2D eigenvalue weighted by molar-refractivity contribution is 0.0926. The number of rotatable bonds is 7. The van der Waals surface area contributed by atoms with E-state index in [4.69, 9.17) is 22.3 Å². The number of hydrogen-bond acceptors (Lipinski definition) is 7. The van der Waals surface area contributed by atoms with Crippen LogP contribution in [-0.4, -0.2) is 46.2 Å². The molecule has 2 saturated carbocycles. The number of nitrogens with zero attached hydrogens (tertiary/aromatic N) is 3. The molecule has 0 unspecified atom stereocenters. The van der Waals surface area contributed by atoms with Crippen LogP contribution in [-0.2, 0) is 13.2 Å². The van der Waals surface area contributed by atoms with Gasteiger partial charge in [0.15, 0.2) is 0 Å². The summed E-state index contributed by atoms with van der Waals surface area (Å²) < 4.78 is 0. The van der Waals surface area contributed by atoms with Crippen molar-refractivity contribution in [3.63, 3.8) is 0 Å². The van der Waals surface area contributed by atoms with E-state index in [1.807, 2.05) is 18.2 Å². The fourth-order valence-electron chi connectivity index (χ4n) is 5.06. The first-order valence-electron chi connectivity index (χ1n) is 12.3. The normalized spacial score (nSPS) is 23.2. The first kappa shape index (κ1) is 23.3. The maximum atomic E-state index is 13.2. The van der Waals surface area contributed by atoms with E-state index in [0.29, 0.717) is 39.9 Å². The number of aliphatic hydroxyl groups is 1. The zero-order chi connectivity index (χ0) is 23.7. The highest BCUT2D eigenvalue weighted by Gasteiger charge is 2.48. The first-order chi connectivity index (χ1) is 16.4. The van der Waals surface area contributed by atoms with Gasteiger partial charge in [0.05, 0.1) is 6.61 Å². The Labute approximate surface area is 205 Å². The quantitative estimate of drug-likeness (QED) is 0.476. The van der Waals surface area contributed by atoms with Gasteiger partial charge in [-0.2, -0.15) is 4.98 Å². The number of nitrogens with one attached hydrogen (secondary N) is 2. The maximum absolute atomic E-state index is 13.2. The second-order valence-corrected chi connectivity index (χ2v) is 10.5. The Morgan fingerprint density at radius 2 is 2.03 bits per heavy atom. The summed E-state index contributed by atoms with van der Waals surface area (Å²) in [7, 11) is 0. The Balaban J connectivity index is 1.34. The number of benzene rings is 1. The van der Waals surface area contributed by atoms with E-state index in [1.165, 1.54) is 19.3 Å². The Bertz CT molecular complexity index is 1050. The number of carbonyl (C=O) groups excluding carboxylic acids is 1. The van der Waals surface area contributed by atoms with Crippen LogP contribution in [0.2, 0.25) is 5.02 Å². The Hall–Kier alpha value is -2.42. The molecule has 182 valence electrons. The van der Waals surface area contributed by atoms with E-state index in [9.17, 15) is 9.90 Å². The van der Waals surface area contributed by atoms with Crippen molar-refractivity contribution in [1.82, 2.24) is 15.3 Å². The number of halogens is 1. The molecule has 0 atom stereocenters. The summed E-state index contributed by atoms with van der Waals surface area (Å²) in [6.45, 7) is 2.28. The Morgan fingerprint density at radius 1 is 1.24 bits per heavy atom. The van der Waals surface area contributed by atoms with Gasteiger partial charge >= 0.3 is 0 Å². The molecule has 1 aromatic carbocycles. The molecule has 8 nitrogen and oxygen atoms in total. The fourth-order valence-corrected chi connectivity index (χ4v) is 5.32. The third-order valence-corrected chi connectivity index (χ3v) is 7.91. The summed E-state index contributed by atoms with van der Waals surface area (Å²) >= 11 is 6.26. The van der Waals surface area contributed by atoms with E-state index in [2.05, 4.69) is 20.5 Å². The van der Waals surface area contributed by atoms with Crippen LogP contribution in [0.15, 0.2) is 24.4 Å². The second kappa shape index (κ2) is 9.68.